The molecule has 0 aromatic rings. The van der Waals surface area contributed by atoms with Gasteiger partial charge in [0.2, 0.25) is 0 Å². The Hall–Kier alpha value is 2.54. The Morgan fingerprint density at radius 3 is 0.941 bits per heavy atom. The summed E-state index contributed by atoms with van der Waals surface area (Å²) in [6, 6.07) is 0. The minimum atomic E-state index is -0.914. The molecule has 0 aromatic heterocycles. The number of hydrogen-bond acceptors (Lipinski definition) is 0. The van der Waals surface area contributed by atoms with Crippen LogP contribution in [0.15, 0.2) is 0 Å². The minimum Gasteiger partial charge on any atom is -0.0774 e. The monoisotopic (exact) mass is 386 g/mol. The normalized spacial score (nSPS) is 21.5. The first-order valence-corrected chi connectivity index (χ1v) is 10.6. The Morgan fingerprint density at radius 2 is 0.824 bits per heavy atom. The molecule has 0 spiro atoms. The fourth-order valence-corrected chi connectivity index (χ4v) is 3.10. The van der Waals surface area contributed by atoms with E-state index < -0.39 is 13.3 Å². The third-order valence-electron chi connectivity index (χ3n) is 1.68. The van der Waals surface area contributed by atoms with Gasteiger partial charge >= 0.3 is 17.1 Å². The van der Waals surface area contributed by atoms with Crippen LogP contribution >= 0.6 is 58.2 Å². The second-order valence-electron chi connectivity index (χ2n) is 2.75. The van der Waals surface area contributed by atoms with Crippen LogP contribution in [0.1, 0.15) is 0 Å². The summed E-state index contributed by atoms with van der Waals surface area (Å²) in [5.74, 6) is 0. The predicted molar refractivity (Wildman–Crippen MR) is 78.1 cm³/mol. The van der Waals surface area contributed by atoms with Crippen LogP contribution in [0.25, 0.3) is 0 Å². The van der Waals surface area contributed by atoms with Crippen LogP contribution in [0, 0.1) is 62.7 Å². The van der Waals surface area contributed by atoms with Gasteiger partial charge in [0.1, 0.15) is 0 Å². The fraction of sp³-hybridized carbons (Fsp3) is 0. The Balaban J connectivity index is 0.000000284. The summed E-state index contributed by atoms with van der Waals surface area (Å²) in [5, 5.41) is 0. The summed E-state index contributed by atoms with van der Waals surface area (Å²) >= 11 is 22.3. The van der Waals surface area contributed by atoms with Crippen molar-refractivity contribution in [3.8, 4) is 0 Å². The second kappa shape index (κ2) is 11.2. The van der Waals surface area contributed by atoms with Gasteiger partial charge in [0.25, 0.3) is 0 Å². The van der Waals surface area contributed by atoms with E-state index in [4.69, 9.17) is 45.0 Å². The molecule has 17 heavy (non-hydrogen) atoms. The molecule has 0 N–H and O–H groups in total. The molecule has 2 rings (SSSR count). The van der Waals surface area contributed by atoms with E-state index in [2.05, 4.69) is 0 Å². The molecule has 0 heterocycles. The maximum Gasteiger partial charge on any atom is 2.00 e. The molecule has 2 aliphatic rings. The van der Waals surface area contributed by atoms with Gasteiger partial charge in [0.15, 0.2) is 0 Å². The molecule has 0 atom stereocenters. The Morgan fingerprint density at radius 1 is 0.588 bits per heavy atom. The molecule has 0 bridgehead atoms. The van der Waals surface area contributed by atoms with Crippen molar-refractivity contribution >= 4 is 58.2 Å². The van der Waals surface area contributed by atoms with Crippen molar-refractivity contribution in [2.45, 2.75) is 0 Å². The van der Waals surface area contributed by atoms with Gasteiger partial charge in [-0.05, 0) is 51.4 Å². The van der Waals surface area contributed by atoms with Crippen molar-refractivity contribution < 1.29 is 17.1 Å². The third-order valence-corrected chi connectivity index (χ3v) is 5.40. The predicted octanol–water partition coefficient (Wildman–Crippen LogP) is 6.27. The van der Waals surface area contributed by atoms with Gasteiger partial charge < -0.3 is 0 Å². The first-order valence-electron chi connectivity index (χ1n) is 4.28. The standard InChI is InChI=1S/2C5H4Cl2P.Fe/c2*6-8(7)5-3-1-2-4-5;/h2*1-4H;/q;;+2. The van der Waals surface area contributed by atoms with Crippen LogP contribution in [0.4, 0.5) is 0 Å². The van der Waals surface area contributed by atoms with Crippen molar-refractivity contribution in [1.29, 1.82) is 0 Å². The molecule has 2 saturated carbocycles. The summed E-state index contributed by atoms with van der Waals surface area (Å²) in [7, 11) is 0. The maximum absolute atomic E-state index is 5.57. The summed E-state index contributed by atoms with van der Waals surface area (Å²) in [5.41, 5.74) is 2.06. The first kappa shape index (κ1) is 19.5. The molecular formula is C10H8Cl4FeP2+2. The van der Waals surface area contributed by atoms with Crippen molar-refractivity contribution in [1.82, 2.24) is 0 Å². The molecule has 7 heteroatoms. The number of hydrogen-bond donors (Lipinski definition) is 0. The second-order valence-corrected chi connectivity index (χ2v) is 9.81. The molecule has 92 valence electrons. The van der Waals surface area contributed by atoms with Crippen LogP contribution in [0.5, 0.6) is 0 Å². The molecule has 0 aliphatic heterocycles. The van der Waals surface area contributed by atoms with Crippen molar-refractivity contribution in [2.75, 3.05) is 0 Å². The van der Waals surface area contributed by atoms with Gasteiger partial charge in [0.05, 0.1) is 13.3 Å². The largest absolute Gasteiger partial charge is 2.00 e. The summed E-state index contributed by atoms with van der Waals surface area (Å²) in [6.07, 6.45) is 15.4. The Labute approximate surface area is 137 Å². The van der Waals surface area contributed by atoms with Crippen LogP contribution in [-0.4, -0.2) is 0 Å². The van der Waals surface area contributed by atoms with Crippen LogP contribution < -0.4 is 0 Å². The average molecular weight is 388 g/mol. The number of rotatable bonds is 2. The summed E-state index contributed by atoms with van der Waals surface area (Å²) in [6.45, 7) is -1.83. The number of halogens is 4. The topological polar surface area (TPSA) is 0 Å². The Bertz CT molecular complexity index is 163. The zero-order valence-corrected chi connectivity index (χ0v) is 14.3. The summed E-state index contributed by atoms with van der Waals surface area (Å²) < 4.78 is 0. The molecule has 0 nitrogen and oxygen atoms in total. The van der Waals surface area contributed by atoms with Crippen molar-refractivity contribution in [3.05, 3.63) is 62.7 Å². The molecule has 2 fully saturated rings. The van der Waals surface area contributed by atoms with E-state index in [1.165, 1.54) is 0 Å². The van der Waals surface area contributed by atoms with Crippen molar-refractivity contribution in [2.24, 2.45) is 0 Å². The zero-order chi connectivity index (χ0) is 12.0. The van der Waals surface area contributed by atoms with E-state index in [9.17, 15) is 0 Å². The molecule has 0 saturated heterocycles. The van der Waals surface area contributed by atoms with Crippen LogP contribution in [0.3, 0.4) is 0 Å². The smallest absolute Gasteiger partial charge is 0.0774 e. The average Bonchev–Trinajstić information content (AvgIpc) is 2.93. The molecule has 0 amide bonds. The van der Waals surface area contributed by atoms with Gasteiger partial charge in [-0.3, -0.25) is 0 Å². The van der Waals surface area contributed by atoms with E-state index in [0.717, 1.165) is 11.3 Å². The van der Waals surface area contributed by atoms with Gasteiger partial charge in [-0.2, -0.15) is 0 Å². The molecule has 2 aliphatic carbocycles. The maximum atomic E-state index is 5.57. The van der Waals surface area contributed by atoms with E-state index >= 15 is 0 Å². The van der Waals surface area contributed by atoms with E-state index in [1.807, 2.05) is 51.4 Å². The van der Waals surface area contributed by atoms with Crippen LogP contribution in [-0.2, 0) is 17.1 Å². The molecular weight excluding hydrogens is 380 g/mol. The first-order chi connectivity index (χ1) is 7.61. The van der Waals surface area contributed by atoms with E-state index in [1.54, 1.807) is 0 Å². The van der Waals surface area contributed by atoms with Gasteiger partial charge in [-0.25, -0.2) is 0 Å². The van der Waals surface area contributed by atoms with Crippen molar-refractivity contribution in [3.63, 3.8) is 0 Å². The fourth-order valence-electron chi connectivity index (χ4n) is 0.953. The third kappa shape index (κ3) is 8.42. The van der Waals surface area contributed by atoms with Crippen LogP contribution in [0.2, 0.25) is 0 Å². The van der Waals surface area contributed by atoms with Gasteiger partial charge in [-0.1, -0.05) is 45.0 Å². The zero-order valence-electron chi connectivity index (χ0n) is 8.38. The molecule has 10 radical (unpaired) electrons. The van der Waals surface area contributed by atoms with Gasteiger partial charge in [-0.15, -0.1) is 0 Å². The summed E-state index contributed by atoms with van der Waals surface area (Å²) in [4.78, 5) is 0. The van der Waals surface area contributed by atoms with Gasteiger partial charge in [0, 0.05) is 11.3 Å². The van der Waals surface area contributed by atoms with E-state index in [0.29, 0.717) is 0 Å². The molecule has 0 unspecified atom stereocenters. The Kier molecular flexibility index (Phi) is 12.9. The molecule has 0 aromatic carbocycles. The van der Waals surface area contributed by atoms with E-state index in [-0.39, 0.29) is 17.1 Å². The quantitative estimate of drug-likeness (QED) is 0.386. The minimum absolute atomic E-state index is 0. The SMILES string of the molecule is ClP(Cl)[C]1[CH][CH][CH][CH]1.ClP(Cl)[C]1[CH][CH][CH][CH]1.[Fe+2].